The fourth-order valence-corrected chi connectivity index (χ4v) is 4.89. The van der Waals surface area contributed by atoms with Gasteiger partial charge in [0.2, 0.25) is 5.91 Å². The van der Waals surface area contributed by atoms with Crippen molar-refractivity contribution in [1.82, 2.24) is 15.5 Å². The Bertz CT molecular complexity index is 1200. The van der Waals surface area contributed by atoms with E-state index in [-0.39, 0.29) is 6.54 Å². The van der Waals surface area contributed by atoms with Crippen LogP contribution >= 0.6 is 0 Å². The van der Waals surface area contributed by atoms with Crippen molar-refractivity contribution in [2.75, 3.05) is 13.2 Å². The van der Waals surface area contributed by atoms with Crippen LogP contribution in [-0.2, 0) is 11.3 Å². The first-order chi connectivity index (χ1) is 17.5. The van der Waals surface area contributed by atoms with Crippen LogP contribution in [0.5, 0.6) is 5.75 Å². The molecule has 0 spiro atoms. The Labute approximate surface area is 214 Å². The number of rotatable bonds is 10. The first-order valence-corrected chi connectivity index (χ1v) is 12.8. The number of hydrogen-bond acceptors (Lipinski definition) is 5. The van der Waals surface area contributed by atoms with Crippen LogP contribution in [0.15, 0.2) is 54.6 Å². The largest absolute Gasteiger partial charge is 0.491 e. The molecule has 1 fully saturated rings. The molecule has 1 heterocycles. The predicted octanol–water partition coefficient (Wildman–Crippen LogP) is 5.55. The van der Waals surface area contributed by atoms with E-state index in [1.54, 1.807) is 0 Å². The average molecular weight is 485 g/mol. The van der Waals surface area contributed by atoms with E-state index < -0.39 is 5.91 Å². The summed E-state index contributed by atoms with van der Waals surface area (Å²) in [5.41, 5.74) is 12.6. The summed E-state index contributed by atoms with van der Waals surface area (Å²) in [5.74, 6) is 0.875. The van der Waals surface area contributed by atoms with Crippen molar-refractivity contribution in [1.29, 1.82) is 0 Å². The summed E-state index contributed by atoms with van der Waals surface area (Å²) in [7, 11) is 0. The standard InChI is InChI=1S/C30H36N4O2/c1-21(26-14-9-15-27(22(26)2)24-12-7-4-8-13-24)16-25-17-29(36-20-23-10-5-3-6-11-23)28(34-33-25)18-32-19-30(31)35/h4,7-9,12-17,23,32H,3,5-6,10-11,18-20H2,1-2H3,(H2,31,35)/b21-16+. The van der Waals surface area contributed by atoms with Crippen molar-refractivity contribution in [2.24, 2.45) is 11.7 Å². The Morgan fingerprint density at radius 1 is 1.08 bits per heavy atom. The molecule has 4 rings (SSSR count). The molecule has 0 bridgehead atoms. The molecular formula is C30H36N4O2. The van der Waals surface area contributed by atoms with E-state index in [0.29, 0.717) is 30.5 Å². The minimum Gasteiger partial charge on any atom is -0.491 e. The number of amides is 1. The molecule has 1 aliphatic carbocycles. The number of carbonyl (C=O) groups excluding carboxylic acids is 1. The minimum absolute atomic E-state index is 0.0849. The molecule has 0 saturated heterocycles. The lowest BCUT2D eigenvalue weighted by molar-refractivity contribution is -0.117. The number of hydrogen-bond donors (Lipinski definition) is 2. The molecule has 36 heavy (non-hydrogen) atoms. The quantitative estimate of drug-likeness (QED) is 0.394. The number of nitrogens with zero attached hydrogens (tertiary/aromatic N) is 2. The monoisotopic (exact) mass is 484 g/mol. The van der Waals surface area contributed by atoms with Crippen LogP contribution in [0.2, 0.25) is 0 Å². The van der Waals surface area contributed by atoms with Crippen molar-refractivity contribution >= 4 is 17.6 Å². The third kappa shape index (κ3) is 6.79. The molecule has 6 heteroatoms. The maximum atomic E-state index is 11.1. The van der Waals surface area contributed by atoms with E-state index in [0.717, 1.165) is 11.3 Å². The summed E-state index contributed by atoms with van der Waals surface area (Å²) in [6, 6.07) is 18.8. The van der Waals surface area contributed by atoms with Crippen LogP contribution in [0.3, 0.4) is 0 Å². The zero-order valence-electron chi connectivity index (χ0n) is 21.3. The van der Waals surface area contributed by atoms with Crippen LogP contribution in [0.4, 0.5) is 0 Å². The Morgan fingerprint density at radius 2 is 1.86 bits per heavy atom. The minimum atomic E-state index is -0.407. The number of benzene rings is 2. The van der Waals surface area contributed by atoms with E-state index >= 15 is 0 Å². The van der Waals surface area contributed by atoms with Gasteiger partial charge in [0.15, 0.2) is 0 Å². The van der Waals surface area contributed by atoms with Gasteiger partial charge in [-0.2, -0.15) is 5.10 Å². The first kappa shape index (κ1) is 25.6. The van der Waals surface area contributed by atoms with E-state index in [9.17, 15) is 4.79 Å². The van der Waals surface area contributed by atoms with Crippen LogP contribution in [0.25, 0.3) is 22.8 Å². The molecule has 0 unspecified atom stereocenters. The van der Waals surface area contributed by atoms with Gasteiger partial charge in [-0.25, -0.2) is 0 Å². The van der Waals surface area contributed by atoms with E-state index in [4.69, 9.17) is 10.5 Å². The zero-order valence-corrected chi connectivity index (χ0v) is 21.3. The molecule has 1 saturated carbocycles. The summed E-state index contributed by atoms with van der Waals surface area (Å²) in [6.07, 6.45) is 8.31. The summed E-state index contributed by atoms with van der Waals surface area (Å²) in [4.78, 5) is 11.1. The van der Waals surface area contributed by atoms with E-state index in [1.165, 1.54) is 54.4 Å². The second kappa shape index (κ2) is 12.5. The van der Waals surface area contributed by atoms with Crippen LogP contribution in [-0.4, -0.2) is 29.3 Å². The van der Waals surface area contributed by atoms with Gasteiger partial charge in [-0.3, -0.25) is 4.79 Å². The molecule has 3 N–H and O–H groups in total. The average Bonchev–Trinajstić information content (AvgIpc) is 2.89. The highest BCUT2D eigenvalue weighted by atomic mass is 16.5. The number of nitrogens with one attached hydrogen (secondary N) is 1. The number of allylic oxidation sites excluding steroid dienone is 1. The lowest BCUT2D eigenvalue weighted by atomic mass is 9.90. The smallest absolute Gasteiger partial charge is 0.231 e. The van der Waals surface area contributed by atoms with E-state index in [2.05, 4.69) is 77.9 Å². The van der Waals surface area contributed by atoms with Crippen LogP contribution in [0, 0.1) is 12.8 Å². The lowest BCUT2D eigenvalue weighted by Crippen LogP contribution is -2.28. The predicted molar refractivity (Wildman–Crippen MR) is 145 cm³/mol. The molecule has 0 radical (unpaired) electrons. The summed E-state index contributed by atoms with van der Waals surface area (Å²) in [6.45, 7) is 5.39. The van der Waals surface area contributed by atoms with Gasteiger partial charge in [-0.05, 0) is 66.5 Å². The molecule has 1 amide bonds. The Hall–Kier alpha value is -3.51. The topological polar surface area (TPSA) is 90.1 Å². The fraction of sp³-hybridized carbons (Fsp3) is 0.367. The maximum Gasteiger partial charge on any atom is 0.231 e. The normalized spacial score (nSPS) is 14.6. The molecule has 3 aromatic rings. The Morgan fingerprint density at radius 3 is 2.61 bits per heavy atom. The highest BCUT2D eigenvalue weighted by Crippen LogP contribution is 2.31. The zero-order chi connectivity index (χ0) is 25.3. The van der Waals surface area contributed by atoms with Gasteiger partial charge >= 0.3 is 0 Å². The Kier molecular flexibility index (Phi) is 8.85. The molecule has 188 valence electrons. The number of primary amides is 1. The van der Waals surface area contributed by atoms with Gasteiger partial charge in [0.05, 0.1) is 18.8 Å². The van der Waals surface area contributed by atoms with Gasteiger partial charge in [0.1, 0.15) is 11.4 Å². The summed E-state index contributed by atoms with van der Waals surface area (Å²) in [5, 5.41) is 11.9. The highest BCUT2D eigenvalue weighted by molar-refractivity contribution is 5.84. The maximum absolute atomic E-state index is 11.1. The summed E-state index contributed by atoms with van der Waals surface area (Å²) >= 11 is 0. The molecule has 6 nitrogen and oxygen atoms in total. The fourth-order valence-electron chi connectivity index (χ4n) is 4.89. The van der Waals surface area contributed by atoms with Crippen molar-refractivity contribution in [2.45, 2.75) is 52.5 Å². The van der Waals surface area contributed by atoms with Crippen LogP contribution < -0.4 is 15.8 Å². The lowest BCUT2D eigenvalue weighted by Gasteiger charge is -2.22. The van der Waals surface area contributed by atoms with E-state index in [1.807, 2.05) is 12.1 Å². The molecular weight excluding hydrogens is 448 g/mol. The van der Waals surface area contributed by atoms with Crippen LogP contribution in [0.1, 0.15) is 61.5 Å². The third-order valence-corrected chi connectivity index (χ3v) is 6.85. The molecule has 0 atom stereocenters. The van der Waals surface area contributed by atoms with Crippen molar-refractivity contribution in [3.8, 4) is 16.9 Å². The van der Waals surface area contributed by atoms with Gasteiger partial charge in [0, 0.05) is 12.6 Å². The number of ether oxygens (including phenoxy) is 1. The van der Waals surface area contributed by atoms with Crippen molar-refractivity contribution < 1.29 is 9.53 Å². The number of carbonyl (C=O) groups is 1. The molecule has 1 aromatic heterocycles. The number of nitrogens with two attached hydrogens (primary N) is 1. The van der Waals surface area contributed by atoms with Gasteiger partial charge < -0.3 is 15.8 Å². The van der Waals surface area contributed by atoms with Gasteiger partial charge in [0.25, 0.3) is 0 Å². The second-order valence-corrected chi connectivity index (χ2v) is 9.64. The molecule has 1 aliphatic rings. The molecule has 0 aliphatic heterocycles. The third-order valence-electron chi connectivity index (χ3n) is 6.85. The van der Waals surface area contributed by atoms with Gasteiger partial charge in [-0.1, -0.05) is 67.8 Å². The SMILES string of the molecule is C/C(=C\c1cc(OCC2CCCCC2)c(CNCC(N)=O)nn1)c1cccc(-c2ccccc2)c1C. The first-order valence-electron chi connectivity index (χ1n) is 12.8. The van der Waals surface area contributed by atoms with Gasteiger partial charge in [-0.15, -0.1) is 5.10 Å². The number of aromatic nitrogens is 2. The second-order valence-electron chi connectivity index (χ2n) is 9.64. The Balaban J connectivity index is 1.58. The van der Waals surface area contributed by atoms with Crippen molar-refractivity contribution in [3.05, 3.63) is 77.1 Å². The molecule has 2 aromatic carbocycles. The summed E-state index contributed by atoms with van der Waals surface area (Å²) < 4.78 is 6.27. The van der Waals surface area contributed by atoms with Crippen molar-refractivity contribution in [3.63, 3.8) is 0 Å². The highest BCUT2D eigenvalue weighted by Gasteiger charge is 2.16.